The number of nitrogens with one attached hydrogen (secondary N) is 1. The molecule has 0 fully saturated rings. The van der Waals surface area contributed by atoms with Gasteiger partial charge in [-0.1, -0.05) is 12.1 Å². The Balaban J connectivity index is 1.93. The van der Waals surface area contributed by atoms with Crippen LogP contribution in [0.4, 0.5) is 10.1 Å². The highest BCUT2D eigenvalue weighted by atomic mass is 19.1. The lowest BCUT2D eigenvalue weighted by molar-refractivity contribution is 0.102. The predicted octanol–water partition coefficient (Wildman–Crippen LogP) is 4.00. The standard InChI is InChI=1S/C20H20FN3O/c1-13-9-18(17-8-7-15(21)11-19(17)22-13)20(25)23-16-6-4-5-14(10-16)12-24(2)3/h4-11H,12H2,1-3H3,(H,23,25). The van der Waals surface area contributed by atoms with Crippen LogP contribution in [0.15, 0.2) is 48.5 Å². The summed E-state index contributed by atoms with van der Waals surface area (Å²) in [6.45, 7) is 2.58. The molecule has 25 heavy (non-hydrogen) atoms. The first-order chi connectivity index (χ1) is 11.9. The summed E-state index contributed by atoms with van der Waals surface area (Å²) in [5, 5.41) is 3.56. The molecular weight excluding hydrogens is 317 g/mol. The molecule has 0 aliphatic rings. The lowest BCUT2D eigenvalue weighted by Crippen LogP contribution is -2.14. The first-order valence-corrected chi connectivity index (χ1v) is 8.04. The van der Waals surface area contributed by atoms with Gasteiger partial charge in [-0.25, -0.2) is 4.39 Å². The first-order valence-electron chi connectivity index (χ1n) is 8.04. The Morgan fingerprint density at radius 3 is 2.72 bits per heavy atom. The predicted molar refractivity (Wildman–Crippen MR) is 98.2 cm³/mol. The minimum Gasteiger partial charge on any atom is -0.322 e. The highest BCUT2D eigenvalue weighted by Crippen LogP contribution is 2.21. The van der Waals surface area contributed by atoms with Crippen LogP contribution in [0.2, 0.25) is 0 Å². The van der Waals surface area contributed by atoms with Crippen molar-refractivity contribution in [2.45, 2.75) is 13.5 Å². The normalized spacial score (nSPS) is 11.1. The zero-order chi connectivity index (χ0) is 18.0. The average Bonchev–Trinajstić information content (AvgIpc) is 2.53. The number of anilines is 1. The van der Waals surface area contributed by atoms with E-state index in [1.54, 1.807) is 19.1 Å². The van der Waals surface area contributed by atoms with Crippen LogP contribution < -0.4 is 5.32 Å². The molecule has 4 nitrogen and oxygen atoms in total. The second-order valence-corrected chi connectivity index (χ2v) is 6.36. The van der Waals surface area contributed by atoms with Crippen LogP contribution in [0.25, 0.3) is 10.9 Å². The van der Waals surface area contributed by atoms with Crippen LogP contribution in [-0.2, 0) is 6.54 Å². The van der Waals surface area contributed by atoms with Gasteiger partial charge < -0.3 is 10.2 Å². The zero-order valence-electron chi connectivity index (χ0n) is 14.5. The third-order valence-electron chi connectivity index (χ3n) is 3.83. The summed E-state index contributed by atoms with van der Waals surface area (Å²) in [6, 6.07) is 13.7. The Kier molecular flexibility index (Phi) is 4.76. The van der Waals surface area contributed by atoms with Gasteiger partial charge in [-0.3, -0.25) is 9.78 Å². The van der Waals surface area contributed by atoms with Gasteiger partial charge in [-0.15, -0.1) is 0 Å². The Morgan fingerprint density at radius 2 is 1.96 bits per heavy atom. The SMILES string of the molecule is Cc1cc(C(=O)Nc2cccc(CN(C)C)c2)c2ccc(F)cc2n1. The third-order valence-corrected chi connectivity index (χ3v) is 3.83. The maximum absolute atomic E-state index is 13.5. The van der Waals surface area contributed by atoms with Gasteiger partial charge in [0, 0.05) is 29.4 Å². The maximum Gasteiger partial charge on any atom is 0.256 e. The van der Waals surface area contributed by atoms with E-state index in [0.29, 0.717) is 22.2 Å². The summed E-state index contributed by atoms with van der Waals surface area (Å²) < 4.78 is 13.5. The minimum absolute atomic E-state index is 0.232. The summed E-state index contributed by atoms with van der Waals surface area (Å²) in [5.41, 5.74) is 3.48. The summed E-state index contributed by atoms with van der Waals surface area (Å²) in [4.78, 5) is 19.1. The maximum atomic E-state index is 13.5. The monoisotopic (exact) mass is 337 g/mol. The smallest absolute Gasteiger partial charge is 0.256 e. The third kappa shape index (κ3) is 4.00. The number of pyridine rings is 1. The molecule has 0 spiro atoms. The van der Waals surface area contributed by atoms with Crippen LogP contribution in [0.5, 0.6) is 0 Å². The molecule has 0 bridgehead atoms. The van der Waals surface area contributed by atoms with Gasteiger partial charge in [0.1, 0.15) is 5.82 Å². The molecule has 1 amide bonds. The van der Waals surface area contributed by atoms with Crippen molar-refractivity contribution in [3.63, 3.8) is 0 Å². The topological polar surface area (TPSA) is 45.2 Å². The molecule has 0 aliphatic heterocycles. The number of aromatic nitrogens is 1. The molecule has 0 unspecified atom stereocenters. The number of fused-ring (bicyclic) bond motifs is 1. The highest BCUT2D eigenvalue weighted by Gasteiger charge is 2.13. The molecule has 1 heterocycles. The van der Waals surface area contributed by atoms with Gasteiger partial charge in [-0.2, -0.15) is 0 Å². The minimum atomic E-state index is -0.367. The van der Waals surface area contributed by atoms with Crippen LogP contribution in [-0.4, -0.2) is 29.9 Å². The zero-order valence-corrected chi connectivity index (χ0v) is 14.5. The second-order valence-electron chi connectivity index (χ2n) is 6.36. The Morgan fingerprint density at radius 1 is 1.16 bits per heavy atom. The fourth-order valence-electron chi connectivity index (χ4n) is 2.83. The number of carbonyl (C=O) groups is 1. The van der Waals surface area contributed by atoms with Crippen molar-refractivity contribution in [3.05, 3.63) is 71.2 Å². The van der Waals surface area contributed by atoms with Crippen molar-refractivity contribution in [3.8, 4) is 0 Å². The lowest BCUT2D eigenvalue weighted by Gasteiger charge is -2.12. The number of amides is 1. The van der Waals surface area contributed by atoms with Crippen molar-refractivity contribution in [1.82, 2.24) is 9.88 Å². The Bertz CT molecular complexity index is 932. The number of benzene rings is 2. The van der Waals surface area contributed by atoms with Crippen LogP contribution in [0, 0.1) is 12.7 Å². The fourth-order valence-corrected chi connectivity index (χ4v) is 2.83. The molecule has 2 aromatic carbocycles. The molecular formula is C20H20FN3O. The van der Waals surface area contributed by atoms with Crippen molar-refractivity contribution in [2.75, 3.05) is 19.4 Å². The number of hydrogen-bond acceptors (Lipinski definition) is 3. The fraction of sp³-hybridized carbons (Fsp3) is 0.200. The molecule has 0 radical (unpaired) electrons. The van der Waals surface area contributed by atoms with Crippen LogP contribution in [0.3, 0.4) is 0 Å². The second kappa shape index (κ2) is 6.99. The number of hydrogen-bond donors (Lipinski definition) is 1. The molecule has 0 aliphatic carbocycles. The van der Waals surface area contributed by atoms with Gasteiger partial charge in [0.05, 0.1) is 11.1 Å². The molecule has 1 N–H and O–H groups in total. The summed E-state index contributed by atoms with van der Waals surface area (Å²) in [6.07, 6.45) is 0. The molecule has 0 atom stereocenters. The number of carbonyl (C=O) groups excluding carboxylic acids is 1. The van der Waals surface area contributed by atoms with E-state index in [2.05, 4.69) is 15.2 Å². The number of nitrogens with zero attached hydrogens (tertiary/aromatic N) is 2. The Labute approximate surface area is 146 Å². The van der Waals surface area contributed by atoms with E-state index < -0.39 is 0 Å². The Hall–Kier alpha value is -2.79. The van der Waals surface area contributed by atoms with E-state index in [9.17, 15) is 9.18 Å². The van der Waals surface area contributed by atoms with Gasteiger partial charge in [-0.05, 0) is 56.9 Å². The van der Waals surface area contributed by atoms with E-state index in [0.717, 1.165) is 17.8 Å². The van der Waals surface area contributed by atoms with E-state index in [-0.39, 0.29) is 11.7 Å². The first kappa shape index (κ1) is 17.0. The summed E-state index contributed by atoms with van der Waals surface area (Å²) in [5.74, 6) is -0.600. The molecule has 5 heteroatoms. The lowest BCUT2D eigenvalue weighted by atomic mass is 10.1. The molecule has 128 valence electrons. The van der Waals surface area contributed by atoms with Crippen LogP contribution >= 0.6 is 0 Å². The van der Waals surface area contributed by atoms with Crippen LogP contribution in [0.1, 0.15) is 21.6 Å². The molecule has 0 saturated carbocycles. The molecule has 0 saturated heterocycles. The van der Waals surface area contributed by atoms with Gasteiger partial charge in [0.15, 0.2) is 0 Å². The highest BCUT2D eigenvalue weighted by molar-refractivity contribution is 6.12. The van der Waals surface area contributed by atoms with Crippen molar-refractivity contribution < 1.29 is 9.18 Å². The van der Waals surface area contributed by atoms with Gasteiger partial charge in [0.2, 0.25) is 0 Å². The largest absolute Gasteiger partial charge is 0.322 e. The molecule has 3 rings (SSSR count). The van der Waals surface area contributed by atoms with Gasteiger partial charge in [0.25, 0.3) is 5.91 Å². The van der Waals surface area contributed by atoms with Gasteiger partial charge >= 0.3 is 0 Å². The number of aryl methyl sites for hydroxylation is 1. The van der Waals surface area contributed by atoms with Crippen molar-refractivity contribution >= 4 is 22.5 Å². The molecule has 1 aromatic heterocycles. The van der Waals surface area contributed by atoms with Crippen molar-refractivity contribution in [2.24, 2.45) is 0 Å². The quantitative estimate of drug-likeness (QED) is 0.783. The summed E-state index contributed by atoms with van der Waals surface area (Å²) in [7, 11) is 3.99. The summed E-state index contributed by atoms with van der Waals surface area (Å²) >= 11 is 0. The molecule has 3 aromatic rings. The van der Waals surface area contributed by atoms with E-state index in [1.807, 2.05) is 38.4 Å². The average molecular weight is 337 g/mol. The number of halogens is 1. The van der Waals surface area contributed by atoms with E-state index >= 15 is 0 Å². The number of rotatable bonds is 4. The van der Waals surface area contributed by atoms with E-state index in [1.165, 1.54) is 12.1 Å². The van der Waals surface area contributed by atoms with Crippen molar-refractivity contribution in [1.29, 1.82) is 0 Å². The van der Waals surface area contributed by atoms with E-state index in [4.69, 9.17) is 0 Å².